The first kappa shape index (κ1) is 22.8. The van der Waals surface area contributed by atoms with Crippen LogP contribution in [0.15, 0.2) is 42.5 Å². The lowest BCUT2D eigenvalue weighted by Gasteiger charge is -2.37. The second-order valence-electron chi connectivity index (χ2n) is 9.23. The Morgan fingerprint density at radius 3 is 2.55 bits per heavy atom. The summed E-state index contributed by atoms with van der Waals surface area (Å²) in [5, 5.41) is 0. The minimum Gasteiger partial charge on any atom is -0.447 e. The average Bonchev–Trinajstić information content (AvgIpc) is 3.07. The van der Waals surface area contributed by atoms with Gasteiger partial charge in [-0.3, -0.25) is 4.79 Å². The van der Waals surface area contributed by atoms with Gasteiger partial charge in [0.05, 0.1) is 6.04 Å². The number of carbonyl (C=O) groups is 3. The third kappa shape index (κ3) is 5.87. The predicted octanol–water partition coefficient (Wildman–Crippen LogP) is 4.31. The van der Waals surface area contributed by atoms with Crippen LogP contribution < -0.4 is 0 Å². The maximum atomic E-state index is 13.1. The molecule has 0 bridgehead atoms. The topological polar surface area (TPSA) is 76.2 Å². The van der Waals surface area contributed by atoms with Crippen molar-refractivity contribution in [3.05, 3.63) is 48.0 Å². The molecule has 2 saturated heterocycles. The molecule has 0 N–H and O–H groups in total. The van der Waals surface area contributed by atoms with Crippen LogP contribution in [-0.4, -0.2) is 58.7 Å². The van der Waals surface area contributed by atoms with E-state index >= 15 is 0 Å². The second-order valence-corrected chi connectivity index (χ2v) is 9.23. The van der Waals surface area contributed by atoms with E-state index in [0.29, 0.717) is 25.0 Å². The number of imide groups is 1. The molecule has 3 amide bonds. The predicted molar refractivity (Wildman–Crippen MR) is 116 cm³/mol. The number of likely N-dealkylation sites (tertiary alicyclic amines) is 1. The van der Waals surface area contributed by atoms with E-state index in [1.54, 1.807) is 4.90 Å². The monoisotopic (exact) mass is 428 g/mol. The molecular weight excluding hydrogens is 396 g/mol. The Bertz CT molecular complexity index is 830. The first-order chi connectivity index (χ1) is 14.7. The highest BCUT2D eigenvalue weighted by molar-refractivity contribution is 6.03. The summed E-state index contributed by atoms with van der Waals surface area (Å²) >= 11 is 0. The molecule has 1 aromatic carbocycles. The molecule has 2 fully saturated rings. The summed E-state index contributed by atoms with van der Waals surface area (Å²) in [6.45, 7) is 10.2. The fourth-order valence-corrected chi connectivity index (χ4v) is 4.06. The molecule has 0 radical (unpaired) electrons. The van der Waals surface area contributed by atoms with E-state index in [4.69, 9.17) is 9.47 Å². The van der Waals surface area contributed by atoms with Crippen molar-refractivity contribution in [2.45, 2.75) is 70.6 Å². The highest BCUT2D eigenvalue weighted by Crippen LogP contribution is 2.27. The third-order valence-corrected chi connectivity index (χ3v) is 5.53. The zero-order valence-corrected chi connectivity index (χ0v) is 18.6. The molecule has 3 rings (SSSR count). The van der Waals surface area contributed by atoms with Crippen LogP contribution in [0.1, 0.15) is 52.0 Å². The standard InChI is InChI=1S/C24H32N2O5/c1-17(14-19-12-8-9-13-25(19)22(28)31-24(2,3)4)21(27)26-20(16-30-23(26)29)15-18-10-6-5-7-11-18/h5-7,10-11,19-20H,1,8-9,12-16H2,2-4H3/t19-,20+/m0/s1. The Hall–Kier alpha value is -2.83. The molecule has 2 heterocycles. The largest absolute Gasteiger partial charge is 0.447 e. The lowest BCUT2D eigenvalue weighted by molar-refractivity contribution is -0.125. The van der Waals surface area contributed by atoms with Crippen molar-refractivity contribution in [1.29, 1.82) is 0 Å². The number of carbonyl (C=O) groups excluding carboxylic acids is 3. The Balaban J connectivity index is 1.67. The van der Waals surface area contributed by atoms with Gasteiger partial charge in [-0.15, -0.1) is 0 Å². The van der Waals surface area contributed by atoms with Crippen molar-refractivity contribution in [2.24, 2.45) is 0 Å². The SMILES string of the molecule is C=C(C[C@@H]1CCCCN1C(=O)OC(C)(C)C)C(=O)N1C(=O)OC[C@H]1Cc1ccccc1. The molecule has 0 aromatic heterocycles. The first-order valence-electron chi connectivity index (χ1n) is 10.9. The molecule has 2 atom stereocenters. The minimum atomic E-state index is -0.639. The Labute approximate surface area is 184 Å². The second kappa shape index (κ2) is 9.54. The molecular formula is C24H32N2O5. The molecule has 1 aromatic rings. The molecule has 0 aliphatic carbocycles. The lowest BCUT2D eigenvalue weighted by Crippen LogP contribution is -2.47. The maximum absolute atomic E-state index is 13.1. The van der Waals surface area contributed by atoms with Gasteiger partial charge in [-0.05, 0) is 58.4 Å². The van der Waals surface area contributed by atoms with E-state index in [1.807, 2.05) is 51.1 Å². The quantitative estimate of drug-likeness (QED) is 0.653. The maximum Gasteiger partial charge on any atom is 0.417 e. The third-order valence-electron chi connectivity index (χ3n) is 5.53. The van der Waals surface area contributed by atoms with E-state index in [0.717, 1.165) is 24.8 Å². The molecule has 31 heavy (non-hydrogen) atoms. The fraction of sp³-hybridized carbons (Fsp3) is 0.542. The molecule has 7 heteroatoms. The number of hydrogen-bond donors (Lipinski definition) is 0. The lowest BCUT2D eigenvalue weighted by atomic mass is 9.95. The Kier molecular flexibility index (Phi) is 7.03. The summed E-state index contributed by atoms with van der Waals surface area (Å²) in [5.74, 6) is -0.432. The molecule has 168 valence electrons. The zero-order valence-electron chi connectivity index (χ0n) is 18.6. The van der Waals surface area contributed by atoms with Crippen LogP contribution in [0.5, 0.6) is 0 Å². The van der Waals surface area contributed by atoms with Crippen LogP contribution in [0.3, 0.4) is 0 Å². The first-order valence-corrected chi connectivity index (χ1v) is 10.9. The van der Waals surface area contributed by atoms with Gasteiger partial charge in [0, 0.05) is 18.2 Å². The van der Waals surface area contributed by atoms with E-state index in [9.17, 15) is 14.4 Å². The molecule has 0 spiro atoms. The molecule has 0 unspecified atom stereocenters. The van der Waals surface area contributed by atoms with Crippen molar-refractivity contribution >= 4 is 18.1 Å². The van der Waals surface area contributed by atoms with Gasteiger partial charge in [0.1, 0.15) is 12.2 Å². The summed E-state index contributed by atoms with van der Waals surface area (Å²) < 4.78 is 10.7. The van der Waals surface area contributed by atoms with Crippen molar-refractivity contribution in [3.63, 3.8) is 0 Å². The number of ether oxygens (including phenoxy) is 2. The number of nitrogens with zero attached hydrogens (tertiary/aromatic N) is 2. The minimum absolute atomic E-state index is 0.167. The molecule has 0 saturated carbocycles. The van der Waals surface area contributed by atoms with Crippen molar-refractivity contribution in [3.8, 4) is 0 Å². The van der Waals surface area contributed by atoms with Gasteiger partial charge in [-0.2, -0.15) is 0 Å². The summed E-state index contributed by atoms with van der Waals surface area (Å²) in [6, 6.07) is 9.14. The zero-order chi connectivity index (χ0) is 22.6. The van der Waals surface area contributed by atoms with Crippen LogP contribution in [-0.2, 0) is 20.7 Å². The van der Waals surface area contributed by atoms with E-state index in [2.05, 4.69) is 6.58 Å². The average molecular weight is 429 g/mol. The number of benzene rings is 1. The molecule has 7 nitrogen and oxygen atoms in total. The fourth-order valence-electron chi connectivity index (χ4n) is 4.06. The van der Waals surface area contributed by atoms with Gasteiger partial charge in [-0.1, -0.05) is 36.9 Å². The number of piperidine rings is 1. The van der Waals surface area contributed by atoms with Crippen molar-refractivity contribution in [2.75, 3.05) is 13.2 Å². The number of amides is 3. The Morgan fingerprint density at radius 1 is 1.16 bits per heavy atom. The Morgan fingerprint density at radius 2 is 1.87 bits per heavy atom. The normalized spacial score (nSPS) is 21.6. The molecule has 2 aliphatic rings. The van der Waals surface area contributed by atoms with E-state index in [-0.39, 0.29) is 24.8 Å². The van der Waals surface area contributed by atoms with Crippen LogP contribution in [0.2, 0.25) is 0 Å². The van der Waals surface area contributed by atoms with Gasteiger partial charge in [0.2, 0.25) is 0 Å². The highest BCUT2D eigenvalue weighted by Gasteiger charge is 2.40. The van der Waals surface area contributed by atoms with Gasteiger partial charge in [0.25, 0.3) is 5.91 Å². The van der Waals surface area contributed by atoms with E-state index < -0.39 is 17.6 Å². The highest BCUT2D eigenvalue weighted by atomic mass is 16.6. The van der Waals surface area contributed by atoms with Crippen LogP contribution in [0.25, 0.3) is 0 Å². The van der Waals surface area contributed by atoms with Crippen LogP contribution in [0, 0.1) is 0 Å². The number of cyclic esters (lactones) is 1. The number of hydrogen-bond acceptors (Lipinski definition) is 5. The summed E-state index contributed by atoms with van der Waals surface area (Å²) in [5.41, 5.74) is 0.741. The number of rotatable bonds is 5. The van der Waals surface area contributed by atoms with Gasteiger partial charge in [0.15, 0.2) is 0 Å². The smallest absolute Gasteiger partial charge is 0.417 e. The van der Waals surface area contributed by atoms with Crippen LogP contribution in [0.4, 0.5) is 9.59 Å². The van der Waals surface area contributed by atoms with E-state index in [1.165, 1.54) is 4.90 Å². The van der Waals surface area contributed by atoms with Gasteiger partial charge >= 0.3 is 12.2 Å². The summed E-state index contributed by atoms with van der Waals surface area (Å²) in [4.78, 5) is 40.9. The van der Waals surface area contributed by atoms with Gasteiger partial charge < -0.3 is 14.4 Å². The van der Waals surface area contributed by atoms with Crippen molar-refractivity contribution in [1.82, 2.24) is 9.80 Å². The van der Waals surface area contributed by atoms with Gasteiger partial charge in [-0.25, -0.2) is 14.5 Å². The van der Waals surface area contributed by atoms with Crippen LogP contribution >= 0.6 is 0 Å². The van der Waals surface area contributed by atoms with Crippen molar-refractivity contribution < 1.29 is 23.9 Å². The summed E-state index contributed by atoms with van der Waals surface area (Å²) in [7, 11) is 0. The molecule has 2 aliphatic heterocycles. The summed E-state index contributed by atoms with van der Waals surface area (Å²) in [6.07, 6.45) is 2.45.